The number of rotatable bonds is 1. The van der Waals surface area contributed by atoms with Crippen LogP contribution in [0.3, 0.4) is 0 Å². The first-order valence-corrected chi connectivity index (χ1v) is 3.85. The lowest BCUT2D eigenvalue weighted by atomic mass is 10.4. The third kappa shape index (κ3) is 2.28. The average molecular weight is 186 g/mol. The first kappa shape index (κ1) is 9.47. The van der Waals surface area contributed by atoms with E-state index in [2.05, 4.69) is 12.2 Å². The summed E-state index contributed by atoms with van der Waals surface area (Å²) in [6.07, 6.45) is 1.92. The van der Waals surface area contributed by atoms with Crippen molar-refractivity contribution in [2.75, 3.05) is 5.88 Å². The van der Waals surface area contributed by atoms with Crippen molar-refractivity contribution in [2.45, 2.75) is 11.8 Å². The Hall–Kier alpha value is 0.470. The van der Waals surface area contributed by atoms with Gasteiger partial charge in [-0.15, -0.1) is 35.8 Å². The molecule has 0 aromatic carbocycles. The normalized spacial score (nSPS) is 31.3. The molecule has 0 bridgehead atoms. The van der Waals surface area contributed by atoms with E-state index in [1.165, 1.54) is 0 Å². The quantitative estimate of drug-likeness (QED) is 0.630. The molecule has 1 atom stereocenters. The minimum atomic E-state index is 0. The lowest BCUT2D eigenvalue weighted by Gasteiger charge is -2.19. The predicted molar refractivity (Wildman–Crippen MR) is 46.2 cm³/mol. The molecule has 9 heavy (non-hydrogen) atoms. The molecule has 1 rings (SSSR count). The van der Waals surface area contributed by atoms with Crippen molar-refractivity contribution in [3.63, 3.8) is 0 Å². The molecule has 0 radical (unpaired) electrons. The van der Waals surface area contributed by atoms with Crippen LogP contribution in [0, 0.1) is 0 Å². The second-order valence-corrected chi connectivity index (χ2v) is 3.61. The van der Waals surface area contributed by atoms with Crippen molar-refractivity contribution < 1.29 is 0 Å². The maximum atomic E-state index is 5.63. The van der Waals surface area contributed by atoms with Gasteiger partial charge in [0.1, 0.15) is 0 Å². The highest BCUT2D eigenvalue weighted by Crippen LogP contribution is 2.28. The Kier molecular flexibility index (Phi) is 3.78. The van der Waals surface area contributed by atoms with E-state index in [1.54, 1.807) is 11.8 Å². The molecule has 0 saturated carbocycles. The molecule has 0 aromatic rings. The van der Waals surface area contributed by atoms with Crippen molar-refractivity contribution in [1.29, 1.82) is 0 Å². The SMILES string of the molecule is CC1(CCl)NC=CS1.Cl. The molecule has 0 amide bonds. The van der Waals surface area contributed by atoms with Crippen molar-refractivity contribution in [3.05, 3.63) is 11.6 Å². The summed E-state index contributed by atoms with van der Waals surface area (Å²) in [5.41, 5.74) is 0. The van der Waals surface area contributed by atoms with Crippen molar-refractivity contribution in [1.82, 2.24) is 5.32 Å². The van der Waals surface area contributed by atoms with Crippen molar-refractivity contribution in [2.24, 2.45) is 0 Å². The number of alkyl halides is 1. The van der Waals surface area contributed by atoms with E-state index in [4.69, 9.17) is 11.6 Å². The molecular formula is C5H9Cl2NS. The number of hydrogen-bond acceptors (Lipinski definition) is 2. The van der Waals surface area contributed by atoms with Crippen LogP contribution in [0.1, 0.15) is 6.92 Å². The van der Waals surface area contributed by atoms with Gasteiger partial charge >= 0.3 is 0 Å². The third-order valence-corrected chi connectivity index (χ3v) is 2.79. The maximum absolute atomic E-state index is 5.63. The van der Waals surface area contributed by atoms with Crippen LogP contribution in [-0.2, 0) is 0 Å². The fourth-order valence-corrected chi connectivity index (χ4v) is 1.40. The molecule has 1 nitrogen and oxygen atoms in total. The smallest absolute Gasteiger partial charge is 0.0978 e. The molecule has 54 valence electrons. The molecule has 0 spiro atoms. The van der Waals surface area contributed by atoms with E-state index < -0.39 is 0 Å². The zero-order valence-corrected chi connectivity index (χ0v) is 7.45. The van der Waals surface area contributed by atoms with Crippen LogP contribution in [0.4, 0.5) is 0 Å². The zero-order valence-electron chi connectivity index (χ0n) is 5.06. The van der Waals surface area contributed by atoms with E-state index in [0.717, 1.165) is 0 Å². The first-order chi connectivity index (χ1) is 3.77. The maximum Gasteiger partial charge on any atom is 0.0978 e. The van der Waals surface area contributed by atoms with Crippen LogP contribution in [-0.4, -0.2) is 10.8 Å². The fourth-order valence-electron chi connectivity index (χ4n) is 0.499. The Morgan fingerprint density at radius 2 is 2.44 bits per heavy atom. The number of thioether (sulfide) groups is 1. The molecule has 0 aliphatic carbocycles. The molecule has 1 heterocycles. The molecule has 1 N–H and O–H groups in total. The number of hydrogen-bond donors (Lipinski definition) is 1. The van der Waals surface area contributed by atoms with Crippen LogP contribution >= 0.6 is 35.8 Å². The van der Waals surface area contributed by atoms with Gasteiger partial charge in [-0.1, -0.05) is 0 Å². The zero-order chi connectivity index (χ0) is 6.04. The number of nitrogens with one attached hydrogen (secondary N) is 1. The first-order valence-electron chi connectivity index (χ1n) is 2.43. The van der Waals surface area contributed by atoms with Gasteiger partial charge < -0.3 is 5.32 Å². The highest BCUT2D eigenvalue weighted by atomic mass is 35.5. The lowest BCUT2D eigenvalue weighted by Crippen LogP contribution is -2.33. The summed E-state index contributed by atoms with van der Waals surface area (Å²) in [7, 11) is 0. The van der Waals surface area contributed by atoms with E-state index >= 15 is 0 Å². The lowest BCUT2D eigenvalue weighted by molar-refractivity contribution is 0.659. The monoisotopic (exact) mass is 185 g/mol. The fraction of sp³-hybridized carbons (Fsp3) is 0.600. The molecule has 1 unspecified atom stereocenters. The molecular weight excluding hydrogens is 177 g/mol. The standard InChI is InChI=1S/C5H8ClNS.ClH/c1-5(4-6)7-2-3-8-5;/h2-3,7H,4H2,1H3;1H. The Bertz CT molecular complexity index is 108. The summed E-state index contributed by atoms with van der Waals surface area (Å²) in [5.74, 6) is 0.644. The molecule has 1 aliphatic heterocycles. The largest absolute Gasteiger partial charge is 0.375 e. The summed E-state index contributed by atoms with van der Waals surface area (Å²) < 4.78 is 0. The molecule has 0 saturated heterocycles. The van der Waals surface area contributed by atoms with Crippen LogP contribution in [0.25, 0.3) is 0 Å². The highest BCUT2D eigenvalue weighted by molar-refractivity contribution is 8.03. The highest BCUT2D eigenvalue weighted by Gasteiger charge is 2.23. The van der Waals surface area contributed by atoms with E-state index in [1.807, 2.05) is 11.6 Å². The second-order valence-electron chi connectivity index (χ2n) is 1.93. The van der Waals surface area contributed by atoms with Gasteiger partial charge in [0.25, 0.3) is 0 Å². The minimum Gasteiger partial charge on any atom is -0.375 e. The van der Waals surface area contributed by atoms with Crippen LogP contribution < -0.4 is 5.32 Å². The van der Waals surface area contributed by atoms with Gasteiger partial charge in [-0.25, -0.2) is 0 Å². The predicted octanol–water partition coefficient (Wildman–Crippen LogP) is 2.17. The van der Waals surface area contributed by atoms with Crippen molar-refractivity contribution in [3.8, 4) is 0 Å². The summed E-state index contributed by atoms with van der Waals surface area (Å²) >= 11 is 7.35. The van der Waals surface area contributed by atoms with Gasteiger partial charge in [-0.05, 0) is 12.3 Å². The average Bonchev–Trinajstić information content (AvgIpc) is 2.17. The Labute approximate surface area is 70.6 Å². The van der Waals surface area contributed by atoms with Gasteiger partial charge in [0, 0.05) is 6.20 Å². The van der Waals surface area contributed by atoms with E-state index in [-0.39, 0.29) is 17.3 Å². The molecule has 0 fully saturated rings. The Balaban J connectivity index is 0.000000640. The summed E-state index contributed by atoms with van der Waals surface area (Å²) in [5, 5.41) is 5.15. The van der Waals surface area contributed by atoms with Gasteiger partial charge in [-0.3, -0.25) is 0 Å². The molecule has 0 aromatic heterocycles. The van der Waals surface area contributed by atoms with Crippen LogP contribution in [0.15, 0.2) is 11.6 Å². The minimum absolute atomic E-state index is 0. The summed E-state index contributed by atoms with van der Waals surface area (Å²) in [6.45, 7) is 2.07. The van der Waals surface area contributed by atoms with Crippen LogP contribution in [0.5, 0.6) is 0 Å². The van der Waals surface area contributed by atoms with Gasteiger partial charge in [-0.2, -0.15) is 0 Å². The summed E-state index contributed by atoms with van der Waals surface area (Å²) in [6, 6.07) is 0. The van der Waals surface area contributed by atoms with Gasteiger partial charge in [0.15, 0.2) is 0 Å². The summed E-state index contributed by atoms with van der Waals surface area (Å²) in [4.78, 5) is 0.0571. The third-order valence-electron chi connectivity index (χ3n) is 1.04. The Morgan fingerprint density at radius 3 is 2.67 bits per heavy atom. The van der Waals surface area contributed by atoms with Crippen LogP contribution in [0.2, 0.25) is 0 Å². The van der Waals surface area contributed by atoms with Crippen molar-refractivity contribution >= 4 is 35.8 Å². The van der Waals surface area contributed by atoms with E-state index in [9.17, 15) is 0 Å². The molecule has 1 aliphatic rings. The number of halogens is 2. The second kappa shape index (κ2) is 3.59. The van der Waals surface area contributed by atoms with Gasteiger partial charge in [0.2, 0.25) is 0 Å². The Morgan fingerprint density at radius 1 is 1.78 bits per heavy atom. The molecule has 4 heteroatoms. The van der Waals surface area contributed by atoms with Gasteiger partial charge in [0.05, 0.1) is 10.8 Å². The topological polar surface area (TPSA) is 12.0 Å². The van der Waals surface area contributed by atoms with E-state index in [0.29, 0.717) is 5.88 Å².